The molecule has 1 fully saturated rings. The van der Waals surface area contributed by atoms with Gasteiger partial charge in [0.25, 0.3) is 0 Å². The standard InChI is InChI=1S/C13H19NO3/c1-10(15)7-8-11-6-5-9-14(11)12(16)17-13(2,3)4/h11H,5-6,9H2,1-4H3/t11-/m1/s1. The second-order valence-electron chi connectivity index (χ2n) is 5.16. The monoisotopic (exact) mass is 237 g/mol. The van der Waals surface area contributed by atoms with Gasteiger partial charge in [-0.15, -0.1) is 0 Å². The number of Topliss-reactive ketones (excluding diaryl/α,β-unsaturated/α-hetero) is 1. The lowest BCUT2D eigenvalue weighted by atomic mass is 10.2. The molecule has 1 aliphatic rings. The largest absolute Gasteiger partial charge is 0.444 e. The molecule has 0 aromatic carbocycles. The van der Waals surface area contributed by atoms with Gasteiger partial charge in [-0.3, -0.25) is 9.69 Å². The fourth-order valence-electron chi connectivity index (χ4n) is 1.64. The number of carbonyl (C=O) groups is 2. The first-order valence-corrected chi connectivity index (χ1v) is 5.81. The predicted molar refractivity (Wildman–Crippen MR) is 64.4 cm³/mol. The van der Waals surface area contributed by atoms with Crippen molar-refractivity contribution < 1.29 is 14.3 Å². The van der Waals surface area contributed by atoms with Crippen molar-refractivity contribution in [3.05, 3.63) is 0 Å². The number of amides is 1. The van der Waals surface area contributed by atoms with Crippen molar-refractivity contribution in [2.75, 3.05) is 6.54 Å². The molecule has 0 saturated carbocycles. The molecule has 1 saturated heterocycles. The summed E-state index contributed by atoms with van der Waals surface area (Å²) in [6, 6.07) is -0.186. The summed E-state index contributed by atoms with van der Waals surface area (Å²) in [5.41, 5.74) is -0.502. The molecular weight excluding hydrogens is 218 g/mol. The summed E-state index contributed by atoms with van der Waals surface area (Å²) in [5.74, 6) is 5.14. The van der Waals surface area contributed by atoms with E-state index in [4.69, 9.17) is 4.74 Å². The molecule has 1 rings (SSSR count). The zero-order valence-electron chi connectivity index (χ0n) is 10.9. The lowest BCUT2D eigenvalue weighted by Gasteiger charge is -2.26. The Bertz CT molecular complexity index is 370. The van der Waals surface area contributed by atoms with E-state index in [0.29, 0.717) is 6.54 Å². The predicted octanol–water partition coefficient (Wildman–Crippen LogP) is 1.98. The zero-order valence-corrected chi connectivity index (χ0v) is 10.9. The van der Waals surface area contributed by atoms with Crippen molar-refractivity contribution in [3.8, 4) is 11.8 Å². The van der Waals surface area contributed by atoms with Crippen LogP contribution in [0.15, 0.2) is 0 Å². The van der Waals surface area contributed by atoms with Crippen LogP contribution in [0.5, 0.6) is 0 Å². The third-order valence-electron chi connectivity index (χ3n) is 2.30. The highest BCUT2D eigenvalue weighted by atomic mass is 16.6. The molecule has 0 aromatic rings. The molecule has 0 unspecified atom stereocenters. The van der Waals surface area contributed by atoms with Crippen molar-refractivity contribution in [1.29, 1.82) is 0 Å². The van der Waals surface area contributed by atoms with Crippen LogP contribution in [0.2, 0.25) is 0 Å². The molecule has 0 aromatic heterocycles. The number of rotatable bonds is 0. The van der Waals surface area contributed by atoms with Gasteiger partial charge in [-0.05, 0) is 39.5 Å². The summed E-state index contributed by atoms with van der Waals surface area (Å²) in [6.07, 6.45) is 1.36. The maximum atomic E-state index is 11.9. The van der Waals surface area contributed by atoms with Crippen LogP contribution in [-0.4, -0.2) is 35.0 Å². The highest BCUT2D eigenvalue weighted by molar-refractivity contribution is 5.93. The second-order valence-corrected chi connectivity index (χ2v) is 5.16. The second kappa shape index (κ2) is 5.22. The first-order chi connectivity index (χ1) is 7.79. The Morgan fingerprint density at radius 2 is 2.00 bits per heavy atom. The van der Waals surface area contributed by atoms with Crippen LogP contribution >= 0.6 is 0 Å². The fraction of sp³-hybridized carbons (Fsp3) is 0.692. The lowest BCUT2D eigenvalue weighted by Crippen LogP contribution is -2.39. The molecule has 1 aliphatic heterocycles. The Morgan fingerprint density at radius 1 is 1.35 bits per heavy atom. The summed E-state index contributed by atoms with van der Waals surface area (Å²) in [4.78, 5) is 24.3. The average molecular weight is 237 g/mol. The summed E-state index contributed by atoms with van der Waals surface area (Å²) in [7, 11) is 0. The number of ether oxygens (including phenoxy) is 1. The smallest absolute Gasteiger partial charge is 0.411 e. The van der Waals surface area contributed by atoms with Gasteiger partial charge in [-0.1, -0.05) is 5.92 Å². The third kappa shape index (κ3) is 4.48. The maximum absolute atomic E-state index is 11.9. The molecule has 0 bridgehead atoms. The number of nitrogens with zero attached hydrogens (tertiary/aromatic N) is 1. The van der Waals surface area contributed by atoms with Gasteiger partial charge < -0.3 is 4.74 Å². The van der Waals surface area contributed by atoms with Crippen molar-refractivity contribution in [3.63, 3.8) is 0 Å². The van der Waals surface area contributed by atoms with Crippen LogP contribution in [0, 0.1) is 11.8 Å². The van der Waals surface area contributed by atoms with Crippen LogP contribution in [0.25, 0.3) is 0 Å². The molecule has 0 radical (unpaired) electrons. The van der Waals surface area contributed by atoms with E-state index >= 15 is 0 Å². The van der Waals surface area contributed by atoms with Gasteiger partial charge >= 0.3 is 6.09 Å². The third-order valence-corrected chi connectivity index (χ3v) is 2.30. The Balaban J connectivity index is 2.67. The normalized spacial score (nSPS) is 19.5. The number of ketones is 1. The van der Waals surface area contributed by atoms with Gasteiger partial charge in [0.1, 0.15) is 5.60 Å². The van der Waals surface area contributed by atoms with Gasteiger partial charge in [-0.25, -0.2) is 4.79 Å². The SMILES string of the molecule is CC(=O)C#C[C@H]1CCCN1C(=O)OC(C)(C)C. The van der Waals surface area contributed by atoms with Gasteiger partial charge in [0, 0.05) is 13.5 Å². The summed E-state index contributed by atoms with van der Waals surface area (Å²) < 4.78 is 5.29. The van der Waals surface area contributed by atoms with Gasteiger partial charge in [-0.2, -0.15) is 0 Å². The van der Waals surface area contributed by atoms with Gasteiger partial charge in [0.2, 0.25) is 5.78 Å². The molecule has 94 valence electrons. The van der Waals surface area contributed by atoms with E-state index in [-0.39, 0.29) is 17.9 Å². The quantitative estimate of drug-likeness (QED) is 0.478. The lowest BCUT2D eigenvalue weighted by molar-refractivity contribution is -0.111. The summed E-state index contributed by atoms with van der Waals surface area (Å²) in [6.45, 7) is 7.55. The fourth-order valence-corrected chi connectivity index (χ4v) is 1.64. The number of hydrogen-bond donors (Lipinski definition) is 0. The molecule has 0 spiro atoms. The highest BCUT2D eigenvalue weighted by Crippen LogP contribution is 2.20. The number of likely N-dealkylation sites (tertiary alicyclic amines) is 1. The Kier molecular flexibility index (Phi) is 4.17. The average Bonchev–Trinajstić information content (AvgIpc) is 2.59. The molecular formula is C13H19NO3. The van der Waals surface area contributed by atoms with Crippen molar-refractivity contribution in [2.45, 2.75) is 52.2 Å². The minimum absolute atomic E-state index is 0.180. The van der Waals surface area contributed by atoms with E-state index in [1.165, 1.54) is 6.92 Å². The molecule has 4 heteroatoms. The molecule has 0 aliphatic carbocycles. The van der Waals surface area contributed by atoms with Gasteiger partial charge in [0.05, 0.1) is 6.04 Å². The Labute approximate surface area is 102 Å². The van der Waals surface area contributed by atoms with E-state index in [1.807, 2.05) is 20.8 Å². The van der Waals surface area contributed by atoms with Crippen molar-refractivity contribution >= 4 is 11.9 Å². The minimum Gasteiger partial charge on any atom is -0.444 e. The molecule has 4 nitrogen and oxygen atoms in total. The summed E-state index contributed by atoms with van der Waals surface area (Å²) >= 11 is 0. The first kappa shape index (κ1) is 13.6. The minimum atomic E-state index is -0.502. The van der Waals surface area contributed by atoms with E-state index in [0.717, 1.165) is 12.8 Å². The molecule has 0 N–H and O–H groups in total. The van der Waals surface area contributed by atoms with Crippen LogP contribution in [0.1, 0.15) is 40.5 Å². The maximum Gasteiger partial charge on any atom is 0.411 e. The van der Waals surface area contributed by atoms with Crippen LogP contribution in [0.3, 0.4) is 0 Å². The van der Waals surface area contributed by atoms with E-state index in [1.54, 1.807) is 4.90 Å². The molecule has 1 atom stereocenters. The molecule has 1 heterocycles. The van der Waals surface area contributed by atoms with Crippen LogP contribution in [0.4, 0.5) is 4.79 Å². The Hall–Kier alpha value is -1.50. The topological polar surface area (TPSA) is 46.6 Å². The zero-order chi connectivity index (χ0) is 13.1. The first-order valence-electron chi connectivity index (χ1n) is 5.81. The highest BCUT2D eigenvalue weighted by Gasteiger charge is 2.31. The van der Waals surface area contributed by atoms with Crippen LogP contribution in [-0.2, 0) is 9.53 Å². The van der Waals surface area contributed by atoms with Crippen LogP contribution < -0.4 is 0 Å². The van der Waals surface area contributed by atoms with E-state index < -0.39 is 5.60 Å². The van der Waals surface area contributed by atoms with E-state index in [9.17, 15) is 9.59 Å². The molecule has 17 heavy (non-hydrogen) atoms. The number of carbonyl (C=O) groups excluding carboxylic acids is 2. The number of hydrogen-bond acceptors (Lipinski definition) is 3. The van der Waals surface area contributed by atoms with Crippen molar-refractivity contribution in [2.24, 2.45) is 0 Å². The summed E-state index contributed by atoms with van der Waals surface area (Å²) in [5, 5.41) is 0. The van der Waals surface area contributed by atoms with E-state index in [2.05, 4.69) is 11.8 Å². The van der Waals surface area contributed by atoms with Crippen molar-refractivity contribution in [1.82, 2.24) is 4.90 Å². The Morgan fingerprint density at radius 3 is 2.53 bits per heavy atom. The molecule has 1 amide bonds. The van der Waals surface area contributed by atoms with Gasteiger partial charge in [0.15, 0.2) is 0 Å².